The number of aromatic nitrogens is 1. The van der Waals surface area contributed by atoms with E-state index in [0.29, 0.717) is 18.2 Å². The van der Waals surface area contributed by atoms with Gasteiger partial charge in [-0.2, -0.15) is 0 Å². The molecule has 5 heteroatoms. The summed E-state index contributed by atoms with van der Waals surface area (Å²) in [5, 5.41) is 3.26. The van der Waals surface area contributed by atoms with Crippen LogP contribution in [0.5, 0.6) is 0 Å². The Morgan fingerprint density at radius 3 is 2.89 bits per heavy atom. The fraction of sp³-hybridized carbons (Fsp3) is 0.571. The molecule has 1 N–H and O–H groups in total. The number of hydrogen-bond acceptors (Lipinski definition) is 5. The number of esters is 1. The Hall–Kier alpha value is -1.62. The van der Waals surface area contributed by atoms with Gasteiger partial charge in [0.1, 0.15) is 11.4 Å². The lowest BCUT2D eigenvalue weighted by Gasteiger charge is -2.39. The molecule has 1 aliphatic heterocycles. The SMILES string of the molecule is CCCN(c1ncccc1C(=O)OCC)C1CNC1. The number of rotatable bonds is 6. The van der Waals surface area contributed by atoms with Crippen molar-refractivity contribution < 1.29 is 9.53 Å². The Morgan fingerprint density at radius 1 is 1.53 bits per heavy atom. The van der Waals surface area contributed by atoms with Crippen molar-refractivity contribution in [1.82, 2.24) is 10.3 Å². The Morgan fingerprint density at radius 2 is 2.32 bits per heavy atom. The fourth-order valence-electron chi connectivity index (χ4n) is 2.19. The first kappa shape index (κ1) is 13.8. The summed E-state index contributed by atoms with van der Waals surface area (Å²) in [6.45, 7) is 7.11. The average Bonchev–Trinajstić information content (AvgIpc) is 2.36. The van der Waals surface area contributed by atoms with Crippen LogP contribution in [0.4, 0.5) is 5.82 Å². The first-order chi connectivity index (χ1) is 9.27. The average molecular weight is 263 g/mol. The molecule has 0 amide bonds. The zero-order valence-corrected chi connectivity index (χ0v) is 11.6. The van der Waals surface area contributed by atoms with Crippen molar-refractivity contribution in [3.63, 3.8) is 0 Å². The Balaban J connectivity index is 2.27. The van der Waals surface area contributed by atoms with Crippen LogP contribution >= 0.6 is 0 Å². The Labute approximate surface area is 114 Å². The van der Waals surface area contributed by atoms with Crippen LogP contribution in [-0.2, 0) is 4.74 Å². The zero-order chi connectivity index (χ0) is 13.7. The lowest BCUT2D eigenvalue weighted by Crippen LogP contribution is -2.58. The molecule has 0 saturated carbocycles. The van der Waals surface area contributed by atoms with E-state index in [1.165, 1.54) is 0 Å². The summed E-state index contributed by atoms with van der Waals surface area (Å²) < 4.78 is 5.11. The number of ether oxygens (including phenoxy) is 1. The molecule has 2 rings (SSSR count). The van der Waals surface area contributed by atoms with Crippen molar-refractivity contribution in [2.24, 2.45) is 0 Å². The van der Waals surface area contributed by atoms with Gasteiger partial charge in [-0.05, 0) is 25.5 Å². The minimum Gasteiger partial charge on any atom is -0.462 e. The minimum atomic E-state index is -0.293. The maximum Gasteiger partial charge on any atom is 0.341 e. The van der Waals surface area contributed by atoms with Gasteiger partial charge in [0, 0.05) is 25.8 Å². The van der Waals surface area contributed by atoms with Crippen LogP contribution in [0.15, 0.2) is 18.3 Å². The van der Waals surface area contributed by atoms with Crippen molar-refractivity contribution in [2.75, 3.05) is 31.1 Å². The highest BCUT2D eigenvalue weighted by Crippen LogP contribution is 2.22. The molecular formula is C14H21N3O2. The molecule has 1 fully saturated rings. The molecule has 0 aromatic carbocycles. The summed E-state index contributed by atoms with van der Waals surface area (Å²) in [4.78, 5) is 18.6. The predicted molar refractivity (Wildman–Crippen MR) is 74.5 cm³/mol. The lowest BCUT2D eigenvalue weighted by molar-refractivity contribution is 0.0526. The van der Waals surface area contributed by atoms with Gasteiger partial charge < -0.3 is 15.0 Å². The summed E-state index contributed by atoms with van der Waals surface area (Å²) in [5.74, 6) is 0.452. The first-order valence-electron chi connectivity index (χ1n) is 6.87. The van der Waals surface area contributed by atoms with Crippen LogP contribution in [0.3, 0.4) is 0 Å². The molecular weight excluding hydrogens is 242 g/mol. The van der Waals surface area contributed by atoms with Crippen molar-refractivity contribution in [2.45, 2.75) is 26.3 Å². The van der Waals surface area contributed by atoms with Crippen LogP contribution in [-0.4, -0.2) is 43.2 Å². The normalized spacial score (nSPS) is 14.8. The third-order valence-electron chi connectivity index (χ3n) is 3.22. The molecule has 1 aliphatic rings. The number of nitrogens with one attached hydrogen (secondary N) is 1. The van der Waals surface area contributed by atoms with Gasteiger partial charge in [0.25, 0.3) is 0 Å². The quantitative estimate of drug-likeness (QED) is 0.787. The zero-order valence-electron chi connectivity index (χ0n) is 11.6. The number of carbonyl (C=O) groups is 1. The highest BCUT2D eigenvalue weighted by atomic mass is 16.5. The third-order valence-corrected chi connectivity index (χ3v) is 3.22. The van der Waals surface area contributed by atoms with Gasteiger partial charge in [-0.25, -0.2) is 9.78 Å². The second-order valence-electron chi connectivity index (χ2n) is 4.60. The standard InChI is InChI=1S/C14H21N3O2/c1-3-8-17(11-9-15-10-11)13-12(6-5-7-16-13)14(18)19-4-2/h5-7,11,15H,3-4,8-10H2,1-2H3. The third kappa shape index (κ3) is 3.04. The number of pyridine rings is 1. The molecule has 0 spiro atoms. The lowest BCUT2D eigenvalue weighted by atomic mass is 10.1. The summed E-state index contributed by atoms with van der Waals surface area (Å²) >= 11 is 0. The van der Waals surface area contributed by atoms with E-state index < -0.39 is 0 Å². The largest absolute Gasteiger partial charge is 0.462 e. The van der Waals surface area contributed by atoms with E-state index in [-0.39, 0.29) is 5.97 Å². The van der Waals surface area contributed by atoms with Gasteiger partial charge in [-0.3, -0.25) is 0 Å². The maximum absolute atomic E-state index is 12.0. The topological polar surface area (TPSA) is 54.5 Å². The van der Waals surface area contributed by atoms with Gasteiger partial charge in [-0.15, -0.1) is 0 Å². The second-order valence-corrected chi connectivity index (χ2v) is 4.60. The van der Waals surface area contributed by atoms with E-state index in [4.69, 9.17) is 4.74 Å². The molecule has 2 heterocycles. The summed E-state index contributed by atoms with van der Waals surface area (Å²) in [5.41, 5.74) is 0.560. The Bertz CT molecular complexity index is 432. The molecule has 1 aromatic rings. The molecule has 1 saturated heterocycles. The van der Waals surface area contributed by atoms with Gasteiger partial charge in [0.2, 0.25) is 0 Å². The van der Waals surface area contributed by atoms with Crippen LogP contribution in [0.2, 0.25) is 0 Å². The number of carbonyl (C=O) groups excluding carboxylic acids is 1. The van der Waals surface area contributed by atoms with E-state index in [2.05, 4.69) is 22.1 Å². The van der Waals surface area contributed by atoms with Gasteiger partial charge in [0.15, 0.2) is 0 Å². The summed E-state index contributed by atoms with van der Waals surface area (Å²) in [7, 11) is 0. The molecule has 1 aromatic heterocycles. The van der Waals surface area contributed by atoms with Crippen LogP contribution in [0, 0.1) is 0 Å². The number of hydrogen-bond donors (Lipinski definition) is 1. The minimum absolute atomic E-state index is 0.293. The van der Waals surface area contributed by atoms with Crippen LogP contribution in [0.1, 0.15) is 30.6 Å². The smallest absolute Gasteiger partial charge is 0.341 e. The van der Waals surface area contributed by atoms with Crippen LogP contribution in [0.25, 0.3) is 0 Å². The van der Waals surface area contributed by atoms with Crippen LogP contribution < -0.4 is 10.2 Å². The number of anilines is 1. The Kier molecular flexibility index (Phi) is 4.74. The van der Waals surface area contributed by atoms with Gasteiger partial charge in [-0.1, -0.05) is 6.92 Å². The monoisotopic (exact) mass is 263 g/mol. The molecule has 5 nitrogen and oxygen atoms in total. The molecule has 0 radical (unpaired) electrons. The summed E-state index contributed by atoms with van der Waals surface area (Å²) in [6, 6.07) is 3.98. The summed E-state index contributed by atoms with van der Waals surface area (Å²) in [6.07, 6.45) is 2.75. The van der Waals surface area contributed by atoms with E-state index in [9.17, 15) is 4.79 Å². The van der Waals surface area contributed by atoms with Crippen molar-refractivity contribution in [3.05, 3.63) is 23.9 Å². The number of nitrogens with zero attached hydrogens (tertiary/aromatic N) is 2. The molecule has 0 unspecified atom stereocenters. The molecule has 104 valence electrons. The van der Waals surface area contributed by atoms with Crippen molar-refractivity contribution in [1.29, 1.82) is 0 Å². The molecule has 0 aliphatic carbocycles. The molecule has 0 atom stereocenters. The van der Waals surface area contributed by atoms with E-state index >= 15 is 0 Å². The highest BCUT2D eigenvalue weighted by molar-refractivity contribution is 5.94. The maximum atomic E-state index is 12.0. The van der Waals surface area contributed by atoms with Gasteiger partial charge in [0.05, 0.1) is 12.6 Å². The van der Waals surface area contributed by atoms with Crippen molar-refractivity contribution >= 4 is 11.8 Å². The second kappa shape index (κ2) is 6.52. The highest BCUT2D eigenvalue weighted by Gasteiger charge is 2.28. The fourth-order valence-corrected chi connectivity index (χ4v) is 2.19. The van der Waals surface area contributed by atoms with E-state index in [1.54, 1.807) is 18.3 Å². The van der Waals surface area contributed by atoms with E-state index in [1.807, 2.05) is 6.92 Å². The molecule has 0 bridgehead atoms. The van der Waals surface area contributed by atoms with Crippen molar-refractivity contribution in [3.8, 4) is 0 Å². The van der Waals surface area contributed by atoms with Gasteiger partial charge >= 0.3 is 5.97 Å². The first-order valence-corrected chi connectivity index (χ1v) is 6.87. The molecule has 19 heavy (non-hydrogen) atoms. The van der Waals surface area contributed by atoms with E-state index in [0.717, 1.165) is 31.9 Å². The predicted octanol–water partition coefficient (Wildman–Crippen LogP) is 1.45.